The Kier molecular flexibility index (Phi) is 4.08. The molecule has 5 nitrogen and oxygen atoms in total. The van der Waals surface area contributed by atoms with Crippen molar-refractivity contribution in [3.63, 3.8) is 0 Å². The van der Waals surface area contributed by atoms with E-state index in [9.17, 15) is 9.59 Å². The molecule has 5 heteroatoms. The molecule has 1 rings (SSSR count). The largest absolute Gasteiger partial charge is 0.474 e. The van der Waals surface area contributed by atoms with Crippen molar-refractivity contribution in [1.29, 1.82) is 0 Å². The molecule has 0 atom stereocenters. The fourth-order valence-electron chi connectivity index (χ4n) is 1.94. The predicted molar refractivity (Wildman–Crippen MR) is 55.5 cm³/mol. The zero-order valence-corrected chi connectivity index (χ0v) is 9.27. The van der Waals surface area contributed by atoms with Gasteiger partial charge in [-0.2, -0.15) is 0 Å². The molecule has 0 aliphatic carbocycles. The molecule has 0 spiro atoms. The lowest BCUT2D eigenvalue weighted by molar-refractivity contribution is -0.156. The standard InChI is InChI=1S/C10H18N2O3/c1-3-12-6-4-8(5-7-12)11(2)9(13)10(14)15/h8H,3-7H2,1-2H3,(H,14,15). The van der Waals surface area contributed by atoms with Crippen molar-refractivity contribution in [2.45, 2.75) is 25.8 Å². The summed E-state index contributed by atoms with van der Waals surface area (Å²) in [4.78, 5) is 25.4. The monoisotopic (exact) mass is 214 g/mol. The van der Waals surface area contributed by atoms with Crippen LogP contribution in [0.2, 0.25) is 0 Å². The Balaban J connectivity index is 2.46. The lowest BCUT2D eigenvalue weighted by Crippen LogP contribution is -2.47. The van der Waals surface area contributed by atoms with Gasteiger partial charge in [-0.3, -0.25) is 4.79 Å². The Morgan fingerprint density at radius 1 is 1.40 bits per heavy atom. The van der Waals surface area contributed by atoms with E-state index in [-0.39, 0.29) is 6.04 Å². The number of carbonyl (C=O) groups is 2. The Labute approximate surface area is 89.7 Å². The molecule has 15 heavy (non-hydrogen) atoms. The molecule has 0 aromatic heterocycles. The van der Waals surface area contributed by atoms with E-state index < -0.39 is 11.9 Å². The fraction of sp³-hybridized carbons (Fsp3) is 0.800. The highest BCUT2D eigenvalue weighted by atomic mass is 16.4. The van der Waals surface area contributed by atoms with Crippen LogP contribution in [0, 0.1) is 0 Å². The Bertz CT molecular complexity index is 247. The maximum atomic E-state index is 11.2. The van der Waals surface area contributed by atoms with Crippen LogP contribution in [0.5, 0.6) is 0 Å². The van der Waals surface area contributed by atoms with Crippen LogP contribution in [0.15, 0.2) is 0 Å². The number of likely N-dealkylation sites (N-methyl/N-ethyl adjacent to an activating group) is 1. The van der Waals surface area contributed by atoms with E-state index in [2.05, 4.69) is 11.8 Å². The third-order valence-corrected chi connectivity index (χ3v) is 3.06. The fourth-order valence-corrected chi connectivity index (χ4v) is 1.94. The number of carbonyl (C=O) groups excluding carboxylic acids is 1. The number of likely N-dealkylation sites (tertiary alicyclic amines) is 1. The molecule has 0 aromatic carbocycles. The first-order valence-corrected chi connectivity index (χ1v) is 5.28. The zero-order chi connectivity index (χ0) is 11.4. The SMILES string of the molecule is CCN1CCC(N(C)C(=O)C(=O)O)CC1. The van der Waals surface area contributed by atoms with E-state index in [1.165, 1.54) is 4.90 Å². The van der Waals surface area contributed by atoms with Crippen LogP contribution in [0.3, 0.4) is 0 Å². The van der Waals surface area contributed by atoms with Crippen LogP contribution in [-0.4, -0.2) is 59.5 Å². The first kappa shape index (κ1) is 12.0. The minimum Gasteiger partial charge on any atom is -0.474 e. The van der Waals surface area contributed by atoms with Crippen LogP contribution in [-0.2, 0) is 9.59 Å². The van der Waals surface area contributed by atoms with Crippen molar-refractivity contribution < 1.29 is 14.7 Å². The van der Waals surface area contributed by atoms with Crippen LogP contribution in [0.25, 0.3) is 0 Å². The molecule has 0 aromatic rings. The number of nitrogens with zero attached hydrogens (tertiary/aromatic N) is 2. The maximum Gasteiger partial charge on any atom is 0.394 e. The van der Waals surface area contributed by atoms with Crippen LogP contribution in [0.4, 0.5) is 0 Å². The van der Waals surface area contributed by atoms with Crippen molar-refractivity contribution >= 4 is 11.9 Å². The molecular formula is C10H18N2O3. The van der Waals surface area contributed by atoms with E-state index in [4.69, 9.17) is 5.11 Å². The number of amides is 1. The molecule has 1 amide bonds. The molecule has 86 valence electrons. The minimum absolute atomic E-state index is 0.0800. The van der Waals surface area contributed by atoms with Gasteiger partial charge in [0.05, 0.1) is 0 Å². The van der Waals surface area contributed by atoms with Crippen LogP contribution in [0.1, 0.15) is 19.8 Å². The first-order chi connectivity index (χ1) is 7.06. The molecule has 0 unspecified atom stereocenters. The summed E-state index contributed by atoms with van der Waals surface area (Å²) in [7, 11) is 1.57. The van der Waals surface area contributed by atoms with Crippen LogP contribution < -0.4 is 0 Å². The quantitative estimate of drug-likeness (QED) is 0.658. The number of piperidine rings is 1. The third kappa shape index (κ3) is 2.92. The zero-order valence-electron chi connectivity index (χ0n) is 9.27. The Hall–Kier alpha value is -1.10. The summed E-state index contributed by atoms with van der Waals surface area (Å²) in [5, 5.41) is 8.58. The number of carboxylic acids is 1. The summed E-state index contributed by atoms with van der Waals surface area (Å²) in [6.07, 6.45) is 1.73. The van der Waals surface area contributed by atoms with Crippen molar-refractivity contribution in [3.05, 3.63) is 0 Å². The Morgan fingerprint density at radius 3 is 2.33 bits per heavy atom. The second kappa shape index (κ2) is 5.11. The summed E-state index contributed by atoms with van der Waals surface area (Å²) in [5.74, 6) is -2.17. The van der Waals surface area contributed by atoms with E-state index >= 15 is 0 Å². The lowest BCUT2D eigenvalue weighted by atomic mass is 10.0. The molecule has 1 aliphatic heterocycles. The highest BCUT2D eigenvalue weighted by Crippen LogP contribution is 2.15. The molecule has 1 aliphatic rings. The molecule has 1 saturated heterocycles. The van der Waals surface area contributed by atoms with Gasteiger partial charge >= 0.3 is 11.9 Å². The van der Waals surface area contributed by atoms with E-state index in [0.29, 0.717) is 0 Å². The van der Waals surface area contributed by atoms with Gasteiger partial charge < -0.3 is 14.9 Å². The molecule has 1 N–H and O–H groups in total. The second-order valence-corrected chi connectivity index (χ2v) is 3.89. The average Bonchev–Trinajstić information content (AvgIpc) is 2.27. The molecule has 1 heterocycles. The summed E-state index contributed by atoms with van der Waals surface area (Å²) in [6, 6.07) is 0.0800. The first-order valence-electron chi connectivity index (χ1n) is 5.28. The minimum atomic E-state index is -1.37. The highest BCUT2D eigenvalue weighted by Gasteiger charge is 2.27. The number of hydrogen-bond acceptors (Lipinski definition) is 3. The van der Waals surface area contributed by atoms with Gasteiger partial charge in [0, 0.05) is 26.2 Å². The van der Waals surface area contributed by atoms with Gasteiger partial charge in [0.15, 0.2) is 0 Å². The van der Waals surface area contributed by atoms with Crippen molar-refractivity contribution in [2.24, 2.45) is 0 Å². The lowest BCUT2D eigenvalue weighted by Gasteiger charge is -2.35. The van der Waals surface area contributed by atoms with Gasteiger partial charge in [-0.25, -0.2) is 4.79 Å². The normalized spacial score (nSPS) is 18.8. The molecule has 0 radical (unpaired) electrons. The molecule has 1 fully saturated rings. The van der Waals surface area contributed by atoms with Crippen LogP contribution >= 0.6 is 0 Å². The number of carboxylic acid groups (broad SMARTS) is 1. The van der Waals surface area contributed by atoms with Crippen molar-refractivity contribution in [1.82, 2.24) is 9.80 Å². The van der Waals surface area contributed by atoms with E-state index in [1.54, 1.807) is 7.05 Å². The molecule has 0 saturated carbocycles. The Morgan fingerprint density at radius 2 is 1.93 bits per heavy atom. The van der Waals surface area contributed by atoms with Crippen molar-refractivity contribution in [2.75, 3.05) is 26.7 Å². The summed E-state index contributed by atoms with van der Waals surface area (Å²) < 4.78 is 0. The van der Waals surface area contributed by atoms with E-state index in [0.717, 1.165) is 32.5 Å². The molecule has 0 bridgehead atoms. The summed E-state index contributed by atoms with van der Waals surface area (Å²) in [5.41, 5.74) is 0. The van der Waals surface area contributed by atoms with E-state index in [1.807, 2.05) is 0 Å². The smallest absolute Gasteiger partial charge is 0.394 e. The topological polar surface area (TPSA) is 60.9 Å². The van der Waals surface area contributed by atoms with Crippen molar-refractivity contribution in [3.8, 4) is 0 Å². The predicted octanol–water partition coefficient (Wildman–Crippen LogP) is 0.0137. The van der Waals surface area contributed by atoms with Gasteiger partial charge in [0.25, 0.3) is 0 Å². The third-order valence-electron chi connectivity index (χ3n) is 3.06. The van der Waals surface area contributed by atoms with Gasteiger partial charge in [0.2, 0.25) is 0 Å². The summed E-state index contributed by atoms with van der Waals surface area (Å²) >= 11 is 0. The second-order valence-electron chi connectivity index (χ2n) is 3.89. The average molecular weight is 214 g/mol. The van der Waals surface area contributed by atoms with Gasteiger partial charge in [-0.05, 0) is 19.4 Å². The number of aliphatic carboxylic acids is 1. The van der Waals surface area contributed by atoms with Gasteiger partial charge in [0.1, 0.15) is 0 Å². The maximum absolute atomic E-state index is 11.2. The van der Waals surface area contributed by atoms with Gasteiger partial charge in [-0.15, -0.1) is 0 Å². The number of rotatable bonds is 2. The highest BCUT2D eigenvalue weighted by molar-refractivity contribution is 6.31. The van der Waals surface area contributed by atoms with Gasteiger partial charge in [-0.1, -0.05) is 6.92 Å². The number of hydrogen-bond donors (Lipinski definition) is 1. The summed E-state index contributed by atoms with van der Waals surface area (Å²) in [6.45, 7) is 5.01. The molecular weight excluding hydrogens is 196 g/mol.